The summed E-state index contributed by atoms with van der Waals surface area (Å²) in [5.74, 6) is 0. The first-order chi connectivity index (χ1) is 2.00. The molecule has 0 saturated carbocycles. The van der Waals surface area contributed by atoms with Crippen molar-refractivity contribution in [2.24, 2.45) is 0 Å². The molecular weight excluding hydrogens is 381 g/mol. The number of hydrogen-bond donors (Lipinski definition) is 3. The summed E-state index contributed by atoms with van der Waals surface area (Å²) in [4.78, 5) is 21.6. The molecule has 46 valence electrons. The van der Waals surface area contributed by atoms with Gasteiger partial charge >= 0.3 is 7.82 Å². The summed E-state index contributed by atoms with van der Waals surface area (Å²) in [6, 6.07) is 0. The third kappa shape index (κ3) is 87.7. The van der Waals surface area contributed by atoms with E-state index in [9.17, 15) is 0 Å². The van der Waals surface area contributed by atoms with E-state index in [4.69, 9.17) is 19.2 Å². The van der Waals surface area contributed by atoms with E-state index in [-0.39, 0.29) is 47.3 Å². The van der Waals surface area contributed by atoms with Crippen LogP contribution in [-0.2, 0) is 51.8 Å². The largest absolute Gasteiger partial charge is 0.466 e. The van der Waals surface area contributed by atoms with Gasteiger partial charge in [0.15, 0.2) is 0 Å². The van der Waals surface area contributed by atoms with Gasteiger partial charge in [-0.15, -0.1) is 0 Å². The SMILES string of the molecule is O=P(O)(O)O.[Pt].[Zr]. The van der Waals surface area contributed by atoms with Gasteiger partial charge in [0.2, 0.25) is 0 Å². The second-order valence-corrected chi connectivity index (χ2v) is 1.54. The predicted octanol–water partition coefficient (Wildman–Crippen LogP) is -0.934. The predicted molar refractivity (Wildman–Crippen MR) is 14.3 cm³/mol. The van der Waals surface area contributed by atoms with Crippen LogP contribution in [0.15, 0.2) is 0 Å². The fraction of sp³-hybridized carbons (Fsp3) is 0. The molecule has 0 aromatic carbocycles. The van der Waals surface area contributed by atoms with Gasteiger partial charge in [0.25, 0.3) is 0 Å². The van der Waals surface area contributed by atoms with E-state index < -0.39 is 7.82 Å². The van der Waals surface area contributed by atoms with Crippen molar-refractivity contribution < 1.29 is 66.5 Å². The van der Waals surface area contributed by atoms with E-state index in [0.29, 0.717) is 0 Å². The van der Waals surface area contributed by atoms with Gasteiger partial charge in [0.1, 0.15) is 0 Å². The molecule has 0 aliphatic heterocycles. The van der Waals surface area contributed by atoms with E-state index in [1.807, 2.05) is 0 Å². The van der Waals surface area contributed by atoms with Gasteiger partial charge in [-0.3, -0.25) is 0 Å². The van der Waals surface area contributed by atoms with Crippen molar-refractivity contribution in [2.75, 3.05) is 0 Å². The van der Waals surface area contributed by atoms with Gasteiger partial charge in [-0.05, 0) is 0 Å². The van der Waals surface area contributed by atoms with Crippen LogP contribution in [0.1, 0.15) is 0 Å². The van der Waals surface area contributed by atoms with Crippen molar-refractivity contribution in [2.45, 2.75) is 0 Å². The molecule has 7 heteroatoms. The van der Waals surface area contributed by atoms with Crippen molar-refractivity contribution in [3.05, 3.63) is 0 Å². The first kappa shape index (κ1) is 15.9. The van der Waals surface area contributed by atoms with Crippen LogP contribution < -0.4 is 0 Å². The first-order valence-electron chi connectivity index (χ1n) is 0.783. The van der Waals surface area contributed by atoms with Crippen molar-refractivity contribution in [3.63, 3.8) is 0 Å². The molecule has 7 heavy (non-hydrogen) atoms. The maximum Gasteiger partial charge on any atom is 0.466 e. The Morgan fingerprint density at radius 3 is 1.14 bits per heavy atom. The molecule has 0 fully saturated rings. The monoisotopic (exact) mass is 383 g/mol. The first-order valence-corrected chi connectivity index (χ1v) is 2.35. The number of phosphoric acid groups is 1. The second-order valence-electron chi connectivity index (χ2n) is 0.513. The Hall–Kier alpha value is 1.68. The molecule has 0 amide bonds. The Morgan fingerprint density at radius 2 is 1.14 bits per heavy atom. The average molecular weight is 384 g/mol. The van der Waals surface area contributed by atoms with Gasteiger partial charge < -0.3 is 14.7 Å². The normalized spacial score (nSPS) is 8.43. The molecule has 0 aromatic heterocycles. The minimum atomic E-state index is -4.64. The molecule has 4 nitrogen and oxygen atoms in total. The number of hydrogen-bond acceptors (Lipinski definition) is 1. The second kappa shape index (κ2) is 5.81. The molecule has 0 atom stereocenters. The summed E-state index contributed by atoms with van der Waals surface area (Å²) < 4.78 is 8.88. The average Bonchev–Trinajstić information content (AvgIpc) is 0.722. The third-order valence-electron chi connectivity index (χ3n) is 0. The van der Waals surface area contributed by atoms with Gasteiger partial charge in [0.05, 0.1) is 0 Å². The molecule has 0 unspecified atom stereocenters. The van der Waals surface area contributed by atoms with Gasteiger partial charge in [0, 0.05) is 47.3 Å². The zero-order valence-electron chi connectivity index (χ0n) is 3.01. The van der Waals surface area contributed by atoms with Crippen LogP contribution in [0.5, 0.6) is 0 Å². The molecule has 0 aliphatic rings. The van der Waals surface area contributed by atoms with Crippen molar-refractivity contribution in [1.82, 2.24) is 0 Å². The van der Waals surface area contributed by atoms with Crippen LogP contribution in [0.2, 0.25) is 0 Å². The Morgan fingerprint density at radius 1 is 1.14 bits per heavy atom. The molecule has 3 N–H and O–H groups in total. The summed E-state index contributed by atoms with van der Waals surface area (Å²) >= 11 is 0. The van der Waals surface area contributed by atoms with Crippen LogP contribution in [0.4, 0.5) is 0 Å². The summed E-state index contributed by atoms with van der Waals surface area (Å²) in [5.41, 5.74) is 0. The Kier molecular flexibility index (Phi) is 13.2. The quantitative estimate of drug-likeness (QED) is 0.472. The zero-order chi connectivity index (χ0) is 4.50. The molecular formula is H3O4PPtZr. The fourth-order valence-corrected chi connectivity index (χ4v) is 0. The minimum absolute atomic E-state index is 0. The molecule has 0 bridgehead atoms. The van der Waals surface area contributed by atoms with Crippen LogP contribution in [0, 0.1) is 0 Å². The van der Waals surface area contributed by atoms with Crippen molar-refractivity contribution in [3.8, 4) is 0 Å². The molecule has 0 heterocycles. The van der Waals surface area contributed by atoms with E-state index in [1.165, 1.54) is 0 Å². The topological polar surface area (TPSA) is 77.8 Å². The van der Waals surface area contributed by atoms with Crippen LogP contribution in [0.3, 0.4) is 0 Å². The maximum absolute atomic E-state index is 8.88. The summed E-state index contributed by atoms with van der Waals surface area (Å²) in [5, 5.41) is 0. The van der Waals surface area contributed by atoms with Crippen molar-refractivity contribution >= 4 is 7.82 Å². The van der Waals surface area contributed by atoms with Crippen LogP contribution in [-0.4, -0.2) is 14.7 Å². The summed E-state index contributed by atoms with van der Waals surface area (Å²) in [6.07, 6.45) is 0. The maximum atomic E-state index is 8.88. The smallest absolute Gasteiger partial charge is 0.303 e. The molecule has 0 rings (SSSR count). The van der Waals surface area contributed by atoms with Crippen LogP contribution in [0.25, 0.3) is 0 Å². The van der Waals surface area contributed by atoms with Gasteiger partial charge in [-0.25, -0.2) is 4.57 Å². The molecule has 0 spiro atoms. The Labute approximate surface area is 73.9 Å². The summed E-state index contributed by atoms with van der Waals surface area (Å²) in [6.45, 7) is 0. The van der Waals surface area contributed by atoms with E-state index in [2.05, 4.69) is 0 Å². The van der Waals surface area contributed by atoms with E-state index >= 15 is 0 Å². The molecule has 0 aliphatic carbocycles. The molecule has 0 radical (unpaired) electrons. The van der Waals surface area contributed by atoms with Gasteiger partial charge in [-0.1, -0.05) is 0 Å². The molecule has 0 aromatic rings. The van der Waals surface area contributed by atoms with Crippen LogP contribution >= 0.6 is 7.82 Å². The van der Waals surface area contributed by atoms with Gasteiger partial charge in [-0.2, -0.15) is 0 Å². The standard InChI is InChI=1S/H3O4P.Pt.Zr/c1-5(2,3)4;;/h(H3,1,2,3,4);;. The Bertz CT molecular complexity index is 57.8. The third-order valence-corrected chi connectivity index (χ3v) is 0. The molecule has 0 saturated heterocycles. The zero-order valence-corrected chi connectivity index (χ0v) is 8.64. The van der Waals surface area contributed by atoms with E-state index in [1.54, 1.807) is 0 Å². The van der Waals surface area contributed by atoms with Crippen molar-refractivity contribution in [1.29, 1.82) is 0 Å². The fourth-order valence-electron chi connectivity index (χ4n) is 0. The van der Waals surface area contributed by atoms with E-state index in [0.717, 1.165) is 0 Å². The minimum Gasteiger partial charge on any atom is -0.303 e. The Balaban J connectivity index is -0.0000000800. The number of rotatable bonds is 0. The summed E-state index contributed by atoms with van der Waals surface area (Å²) in [7, 11) is -4.64.